The van der Waals surface area contributed by atoms with Crippen LogP contribution in [0, 0.1) is 6.92 Å². The van der Waals surface area contributed by atoms with Gasteiger partial charge >= 0.3 is 0 Å². The van der Waals surface area contributed by atoms with Gasteiger partial charge in [-0.3, -0.25) is 9.88 Å². The number of likely N-dealkylation sites (tertiary alicyclic amines) is 1. The van der Waals surface area contributed by atoms with Crippen molar-refractivity contribution < 1.29 is 9.47 Å². The van der Waals surface area contributed by atoms with Crippen LogP contribution in [0.1, 0.15) is 23.5 Å². The third-order valence-corrected chi connectivity index (χ3v) is 5.38. The maximum absolute atomic E-state index is 6.15. The standard InChI is InChI=1S/C17H21N3O2S/c1-13-19-14(11-23-13)9-20-6-4-17(12-20)7-16(10-21-17)22-15-3-2-5-18-8-15/h2-3,5,8,11,16H,4,6-7,9-10,12H2,1H3. The highest BCUT2D eigenvalue weighted by molar-refractivity contribution is 7.09. The molecule has 5 nitrogen and oxygen atoms in total. The van der Waals surface area contributed by atoms with E-state index >= 15 is 0 Å². The topological polar surface area (TPSA) is 47.5 Å². The Balaban J connectivity index is 1.34. The first kappa shape index (κ1) is 15.1. The second kappa shape index (κ2) is 6.19. The summed E-state index contributed by atoms with van der Waals surface area (Å²) < 4.78 is 12.2. The minimum absolute atomic E-state index is 0.0437. The molecule has 2 aliphatic heterocycles. The van der Waals surface area contributed by atoms with E-state index in [1.54, 1.807) is 23.7 Å². The first-order chi connectivity index (χ1) is 11.2. The Morgan fingerprint density at radius 2 is 2.48 bits per heavy atom. The fourth-order valence-corrected chi connectivity index (χ4v) is 4.15. The molecular weight excluding hydrogens is 310 g/mol. The van der Waals surface area contributed by atoms with Crippen molar-refractivity contribution in [3.8, 4) is 5.75 Å². The summed E-state index contributed by atoms with van der Waals surface area (Å²) >= 11 is 1.72. The molecule has 2 aromatic rings. The molecule has 2 aliphatic rings. The van der Waals surface area contributed by atoms with E-state index in [9.17, 15) is 0 Å². The number of hydrogen-bond acceptors (Lipinski definition) is 6. The Kier molecular flexibility index (Phi) is 4.05. The normalized spacial score (nSPS) is 27.8. The van der Waals surface area contributed by atoms with Crippen LogP contribution in [-0.2, 0) is 11.3 Å². The Bertz CT molecular complexity index is 663. The molecule has 23 heavy (non-hydrogen) atoms. The molecule has 0 aromatic carbocycles. The largest absolute Gasteiger partial charge is 0.486 e. The molecule has 2 aromatic heterocycles. The van der Waals surface area contributed by atoms with Gasteiger partial charge in [0.2, 0.25) is 0 Å². The van der Waals surface area contributed by atoms with Crippen molar-refractivity contribution in [2.75, 3.05) is 19.7 Å². The molecule has 6 heteroatoms. The molecule has 1 spiro atoms. The van der Waals surface area contributed by atoms with E-state index in [4.69, 9.17) is 9.47 Å². The van der Waals surface area contributed by atoms with Crippen molar-refractivity contribution in [3.05, 3.63) is 40.6 Å². The van der Waals surface area contributed by atoms with Crippen molar-refractivity contribution in [2.24, 2.45) is 0 Å². The first-order valence-electron chi connectivity index (χ1n) is 8.05. The van der Waals surface area contributed by atoms with Crippen LogP contribution in [0.3, 0.4) is 0 Å². The Hall–Kier alpha value is -1.50. The first-order valence-corrected chi connectivity index (χ1v) is 8.93. The summed E-state index contributed by atoms with van der Waals surface area (Å²) in [7, 11) is 0. The molecule has 4 rings (SSSR count). The van der Waals surface area contributed by atoms with Gasteiger partial charge in [0.05, 0.1) is 29.1 Å². The van der Waals surface area contributed by atoms with Crippen LogP contribution in [-0.4, -0.2) is 46.3 Å². The summed E-state index contributed by atoms with van der Waals surface area (Å²) in [6.45, 7) is 5.68. The second-order valence-corrected chi connectivity index (χ2v) is 7.51. The van der Waals surface area contributed by atoms with E-state index in [0.29, 0.717) is 6.61 Å². The van der Waals surface area contributed by atoms with Gasteiger partial charge in [0, 0.05) is 37.6 Å². The Morgan fingerprint density at radius 1 is 1.52 bits per heavy atom. The van der Waals surface area contributed by atoms with E-state index in [0.717, 1.165) is 43.2 Å². The highest BCUT2D eigenvalue weighted by atomic mass is 32.1. The summed E-state index contributed by atoms with van der Waals surface area (Å²) in [5, 5.41) is 3.29. The SMILES string of the molecule is Cc1nc(CN2CCC3(CC(Oc4cccnc4)CO3)C2)cs1. The van der Waals surface area contributed by atoms with Gasteiger partial charge in [-0.05, 0) is 25.5 Å². The molecule has 0 radical (unpaired) electrons. The highest BCUT2D eigenvalue weighted by Crippen LogP contribution is 2.37. The van der Waals surface area contributed by atoms with Gasteiger partial charge in [0.25, 0.3) is 0 Å². The number of pyridine rings is 1. The van der Waals surface area contributed by atoms with Crippen LogP contribution in [0.2, 0.25) is 0 Å². The monoisotopic (exact) mass is 331 g/mol. The fraction of sp³-hybridized carbons (Fsp3) is 0.529. The number of nitrogens with zero attached hydrogens (tertiary/aromatic N) is 3. The average molecular weight is 331 g/mol. The van der Waals surface area contributed by atoms with E-state index in [1.807, 2.05) is 12.1 Å². The zero-order chi connectivity index (χ0) is 15.7. The number of hydrogen-bond donors (Lipinski definition) is 0. The molecule has 2 atom stereocenters. The molecule has 0 N–H and O–H groups in total. The third kappa shape index (κ3) is 3.39. The Morgan fingerprint density at radius 3 is 3.26 bits per heavy atom. The van der Waals surface area contributed by atoms with Crippen LogP contribution in [0.5, 0.6) is 5.75 Å². The highest BCUT2D eigenvalue weighted by Gasteiger charge is 2.46. The number of ether oxygens (including phenoxy) is 2. The smallest absolute Gasteiger partial charge is 0.138 e. The van der Waals surface area contributed by atoms with Gasteiger partial charge in [-0.25, -0.2) is 4.98 Å². The molecular formula is C17H21N3O2S. The molecule has 2 fully saturated rings. The van der Waals surface area contributed by atoms with Crippen LogP contribution >= 0.6 is 11.3 Å². The predicted octanol–water partition coefficient (Wildman–Crippen LogP) is 2.66. The fourth-order valence-electron chi connectivity index (χ4n) is 3.54. The van der Waals surface area contributed by atoms with E-state index < -0.39 is 0 Å². The maximum Gasteiger partial charge on any atom is 0.138 e. The zero-order valence-electron chi connectivity index (χ0n) is 13.3. The van der Waals surface area contributed by atoms with Crippen LogP contribution in [0.15, 0.2) is 29.9 Å². The Labute approximate surface area is 140 Å². The summed E-state index contributed by atoms with van der Waals surface area (Å²) in [5.41, 5.74) is 1.13. The molecule has 2 saturated heterocycles. The van der Waals surface area contributed by atoms with Crippen molar-refractivity contribution >= 4 is 11.3 Å². The summed E-state index contributed by atoms with van der Waals surface area (Å²) in [5.74, 6) is 0.825. The number of thiazole rings is 1. The second-order valence-electron chi connectivity index (χ2n) is 6.45. The maximum atomic E-state index is 6.15. The minimum atomic E-state index is -0.0437. The van der Waals surface area contributed by atoms with Crippen molar-refractivity contribution in [1.82, 2.24) is 14.9 Å². The van der Waals surface area contributed by atoms with Crippen LogP contribution < -0.4 is 4.74 Å². The zero-order valence-corrected chi connectivity index (χ0v) is 14.1. The minimum Gasteiger partial charge on any atom is -0.486 e. The molecule has 0 bridgehead atoms. The molecule has 4 heterocycles. The van der Waals surface area contributed by atoms with Crippen LogP contribution in [0.4, 0.5) is 0 Å². The lowest BCUT2D eigenvalue weighted by atomic mass is 9.98. The van der Waals surface area contributed by atoms with Crippen molar-refractivity contribution in [2.45, 2.75) is 38.0 Å². The molecule has 0 saturated carbocycles. The van der Waals surface area contributed by atoms with Crippen molar-refractivity contribution in [3.63, 3.8) is 0 Å². The lowest BCUT2D eigenvalue weighted by molar-refractivity contribution is 0.00927. The predicted molar refractivity (Wildman–Crippen MR) is 88.7 cm³/mol. The summed E-state index contributed by atoms with van der Waals surface area (Å²) in [6.07, 6.45) is 5.67. The lowest BCUT2D eigenvalue weighted by Crippen LogP contribution is -2.33. The average Bonchev–Trinajstić information content (AvgIpc) is 3.24. The van der Waals surface area contributed by atoms with Gasteiger partial charge < -0.3 is 9.47 Å². The lowest BCUT2D eigenvalue weighted by Gasteiger charge is -2.23. The van der Waals surface area contributed by atoms with Gasteiger partial charge in [-0.1, -0.05) is 0 Å². The van der Waals surface area contributed by atoms with Crippen molar-refractivity contribution in [1.29, 1.82) is 0 Å². The molecule has 122 valence electrons. The summed E-state index contributed by atoms with van der Waals surface area (Å²) in [6, 6.07) is 3.84. The van der Waals surface area contributed by atoms with Gasteiger partial charge in [-0.2, -0.15) is 0 Å². The van der Waals surface area contributed by atoms with Gasteiger partial charge in [0.1, 0.15) is 11.9 Å². The number of aromatic nitrogens is 2. The van der Waals surface area contributed by atoms with Gasteiger partial charge in [0.15, 0.2) is 0 Å². The number of aryl methyl sites for hydroxylation is 1. The summed E-state index contributed by atoms with van der Waals surface area (Å²) in [4.78, 5) is 11.1. The van der Waals surface area contributed by atoms with Crippen LogP contribution in [0.25, 0.3) is 0 Å². The molecule has 2 unspecified atom stereocenters. The van der Waals surface area contributed by atoms with E-state index in [1.165, 1.54) is 5.69 Å². The number of rotatable bonds is 4. The molecule has 0 amide bonds. The van der Waals surface area contributed by atoms with E-state index in [2.05, 4.69) is 27.2 Å². The third-order valence-electron chi connectivity index (χ3n) is 4.56. The van der Waals surface area contributed by atoms with E-state index in [-0.39, 0.29) is 11.7 Å². The van der Waals surface area contributed by atoms with Gasteiger partial charge in [-0.15, -0.1) is 11.3 Å². The molecule has 0 aliphatic carbocycles. The quantitative estimate of drug-likeness (QED) is 0.862.